The van der Waals surface area contributed by atoms with Crippen molar-refractivity contribution >= 4 is 17.0 Å². The van der Waals surface area contributed by atoms with Gasteiger partial charge < -0.3 is 9.47 Å². The molecule has 0 N–H and O–H groups in total. The number of nitrogens with zero attached hydrogens (tertiary/aromatic N) is 2. The molecule has 25 heavy (non-hydrogen) atoms. The van der Waals surface area contributed by atoms with E-state index in [1.807, 2.05) is 25.1 Å². The van der Waals surface area contributed by atoms with Gasteiger partial charge in [0, 0.05) is 17.7 Å². The quantitative estimate of drug-likeness (QED) is 0.489. The second-order valence-electron chi connectivity index (χ2n) is 5.28. The van der Waals surface area contributed by atoms with Crippen LogP contribution in [0.15, 0.2) is 42.5 Å². The van der Waals surface area contributed by atoms with Crippen molar-refractivity contribution in [1.29, 1.82) is 0 Å². The van der Waals surface area contributed by atoms with E-state index in [4.69, 9.17) is 9.47 Å². The van der Waals surface area contributed by atoms with Crippen molar-refractivity contribution in [2.75, 3.05) is 14.2 Å². The number of nitro benzene ring substituents is 1. The Balaban J connectivity index is 2.08. The number of thiazole rings is 1. The highest BCUT2D eigenvalue weighted by atomic mass is 32.1. The smallest absolute Gasteiger partial charge is 0.269 e. The van der Waals surface area contributed by atoms with Crippen LogP contribution >= 0.6 is 11.3 Å². The zero-order chi connectivity index (χ0) is 18.0. The van der Waals surface area contributed by atoms with Crippen LogP contribution in [-0.4, -0.2) is 24.1 Å². The Morgan fingerprint density at radius 3 is 2.24 bits per heavy atom. The lowest BCUT2D eigenvalue weighted by Crippen LogP contribution is -1.91. The molecular formula is C18H16N2O4S. The molecule has 0 aliphatic rings. The number of aryl methyl sites for hydroxylation is 1. The Bertz CT molecular complexity index is 919. The van der Waals surface area contributed by atoms with Crippen molar-refractivity contribution in [1.82, 2.24) is 4.98 Å². The highest BCUT2D eigenvalue weighted by Crippen LogP contribution is 2.40. The molecule has 0 saturated carbocycles. The van der Waals surface area contributed by atoms with Crippen molar-refractivity contribution in [2.45, 2.75) is 6.92 Å². The molecule has 0 bridgehead atoms. The third-order valence-electron chi connectivity index (χ3n) is 3.73. The molecule has 0 unspecified atom stereocenters. The summed E-state index contributed by atoms with van der Waals surface area (Å²) in [4.78, 5) is 16.0. The third-order valence-corrected chi connectivity index (χ3v) is 4.75. The van der Waals surface area contributed by atoms with Gasteiger partial charge in [0.1, 0.15) is 0 Å². The first kappa shape index (κ1) is 16.9. The Labute approximate surface area is 148 Å². The number of nitro groups is 1. The average Bonchev–Trinajstić information content (AvgIpc) is 3.03. The number of non-ortho nitro benzene ring substituents is 1. The van der Waals surface area contributed by atoms with Crippen molar-refractivity contribution in [2.24, 2.45) is 0 Å². The van der Waals surface area contributed by atoms with Crippen molar-refractivity contribution in [3.63, 3.8) is 0 Å². The number of rotatable bonds is 5. The number of methoxy groups -OCH3 is 2. The summed E-state index contributed by atoms with van der Waals surface area (Å²) in [7, 11) is 3.18. The summed E-state index contributed by atoms with van der Waals surface area (Å²) in [5.41, 5.74) is 2.67. The van der Waals surface area contributed by atoms with Crippen LogP contribution in [0.4, 0.5) is 5.69 Å². The second kappa shape index (κ2) is 6.90. The van der Waals surface area contributed by atoms with Crippen LogP contribution in [0.2, 0.25) is 0 Å². The van der Waals surface area contributed by atoms with E-state index in [1.54, 1.807) is 37.7 Å². The Kier molecular flexibility index (Phi) is 4.67. The van der Waals surface area contributed by atoms with E-state index < -0.39 is 4.92 Å². The van der Waals surface area contributed by atoms with Crippen LogP contribution in [0.5, 0.6) is 11.5 Å². The summed E-state index contributed by atoms with van der Waals surface area (Å²) in [6.45, 7) is 1.93. The SMILES string of the molecule is COc1ccc(-c2nc(C)sc2-c2ccc([N+](=O)[O-])cc2)cc1OC. The molecule has 0 saturated heterocycles. The number of hydrogen-bond donors (Lipinski definition) is 0. The van der Waals surface area contributed by atoms with Gasteiger partial charge in [-0.2, -0.15) is 0 Å². The zero-order valence-corrected chi connectivity index (χ0v) is 14.8. The lowest BCUT2D eigenvalue weighted by atomic mass is 10.1. The standard InChI is InChI=1S/C18H16N2O4S/c1-11-19-17(13-6-9-15(23-2)16(10-13)24-3)18(25-11)12-4-7-14(8-5-12)20(21)22/h4-10H,1-3H3. The summed E-state index contributed by atoms with van der Waals surface area (Å²) in [5.74, 6) is 1.27. The van der Waals surface area contributed by atoms with E-state index in [0.717, 1.165) is 26.7 Å². The van der Waals surface area contributed by atoms with Gasteiger partial charge in [0.2, 0.25) is 0 Å². The Morgan fingerprint density at radius 1 is 1.00 bits per heavy atom. The second-order valence-corrected chi connectivity index (χ2v) is 6.49. The first-order valence-electron chi connectivity index (χ1n) is 7.48. The summed E-state index contributed by atoms with van der Waals surface area (Å²) < 4.78 is 10.6. The average molecular weight is 356 g/mol. The van der Waals surface area contributed by atoms with Crippen LogP contribution < -0.4 is 9.47 Å². The lowest BCUT2D eigenvalue weighted by Gasteiger charge is -2.09. The van der Waals surface area contributed by atoms with Gasteiger partial charge in [0.25, 0.3) is 5.69 Å². The maximum absolute atomic E-state index is 10.8. The van der Waals surface area contributed by atoms with Gasteiger partial charge in [-0.25, -0.2) is 4.98 Å². The van der Waals surface area contributed by atoms with Gasteiger partial charge in [0.15, 0.2) is 11.5 Å². The van der Waals surface area contributed by atoms with E-state index in [0.29, 0.717) is 11.5 Å². The van der Waals surface area contributed by atoms with E-state index >= 15 is 0 Å². The fourth-order valence-electron chi connectivity index (χ4n) is 2.54. The van der Waals surface area contributed by atoms with Crippen molar-refractivity contribution in [3.8, 4) is 33.2 Å². The monoisotopic (exact) mass is 356 g/mol. The van der Waals surface area contributed by atoms with Crippen LogP contribution in [0.1, 0.15) is 5.01 Å². The molecule has 7 heteroatoms. The molecule has 3 aromatic rings. The minimum absolute atomic E-state index is 0.0673. The zero-order valence-electron chi connectivity index (χ0n) is 14.0. The molecule has 0 radical (unpaired) electrons. The molecule has 2 aromatic carbocycles. The topological polar surface area (TPSA) is 74.5 Å². The van der Waals surface area contributed by atoms with E-state index in [1.165, 1.54) is 12.1 Å². The van der Waals surface area contributed by atoms with Crippen LogP contribution in [0.25, 0.3) is 21.7 Å². The highest BCUT2D eigenvalue weighted by Gasteiger charge is 2.16. The highest BCUT2D eigenvalue weighted by molar-refractivity contribution is 7.15. The first-order chi connectivity index (χ1) is 12.0. The van der Waals surface area contributed by atoms with Crippen molar-refractivity contribution < 1.29 is 14.4 Å². The van der Waals surface area contributed by atoms with Gasteiger partial charge >= 0.3 is 0 Å². The van der Waals surface area contributed by atoms with E-state index in [9.17, 15) is 10.1 Å². The van der Waals surface area contributed by atoms with Crippen LogP contribution in [-0.2, 0) is 0 Å². The van der Waals surface area contributed by atoms with E-state index in [2.05, 4.69) is 4.98 Å². The summed E-state index contributed by atoms with van der Waals surface area (Å²) in [5, 5.41) is 11.8. The largest absolute Gasteiger partial charge is 0.493 e. The molecule has 6 nitrogen and oxygen atoms in total. The molecule has 0 atom stereocenters. The first-order valence-corrected chi connectivity index (χ1v) is 8.29. The number of ether oxygens (including phenoxy) is 2. The molecule has 0 aliphatic carbocycles. The normalized spacial score (nSPS) is 10.5. The molecule has 1 heterocycles. The molecule has 3 rings (SSSR count). The van der Waals surface area contributed by atoms with Gasteiger partial charge in [-0.15, -0.1) is 11.3 Å². The summed E-state index contributed by atoms with van der Waals surface area (Å²) in [6, 6.07) is 12.1. The fourth-order valence-corrected chi connectivity index (χ4v) is 3.48. The molecule has 0 fully saturated rings. The van der Waals surface area contributed by atoms with Gasteiger partial charge in [-0.05, 0) is 42.8 Å². The predicted octanol–water partition coefficient (Wildman–Crippen LogP) is 4.71. The maximum atomic E-state index is 10.8. The molecule has 0 spiro atoms. The van der Waals surface area contributed by atoms with E-state index in [-0.39, 0.29) is 5.69 Å². The predicted molar refractivity (Wildman–Crippen MR) is 97.5 cm³/mol. The molecule has 0 amide bonds. The molecule has 1 aromatic heterocycles. The fraction of sp³-hybridized carbons (Fsp3) is 0.167. The van der Waals surface area contributed by atoms with Crippen LogP contribution in [0.3, 0.4) is 0 Å². The Morgan fingerprint density at radius 2 is 1.64 bits per heavy atom. The summed E-state index contributed by atoms with van der Waals surface area (Å²) >= 11 is 1.55. The maximum Gasteiger partial charge on any atom is 0.269 e. The summed E-state index contributed by atoms with van der Waals surface area (Å²) in [6.07, 6.45) is 0. The van der Waals surface area contributed by atoms with Gasteiger partial charge in [0.05, 0.1) is 34.7 Å². The number of hydrogen-bond acceptors (Lipinski definition) is 6. The minimum atomic E-state index is -0.406. The lowest BCUT2D eigenvalue weighted by molar-refractivity contribution is -0.384. The van der Waals surface area contributed by atoms with Gasteiger partial charge in [-0.1, -0.05) is 0 Å². The van der Waals surface area contributed by atoms with Gasteiger partial charge in [-0.3, -0.25) is 10.1 Å². The third kappa shape index (κ3) is 3.32. The molecule has 128 valence electrons. The molecule has 0 aliphatic heterocycles. The minimum Gasteiger partial charge on any atom is -0.493 e. The Hall–Kier alpha value is -2.93. The van der Waals surface area contributed by atoms with Crippen molar-refractivity contribution in [3.05, 3.63) is 57.6 Å². The number of benzene rings is 2. The molecular weight excluding hydrogens is 340 g/mol. The van der Waals surface area contributed by atoms with Crippen LogP contribution in [0, 0.1) is 17.0 Å². The number of aromatic nitrogens is 1.